The summed E-state index contributed by atoms with van der Waals surface area (Å²) in [6.45, 7) is 3.53. The third-order valence-corrected chi connectivity index (χ3v) is 3.17. The van der Waals surface area contributed by atoms with E-state index in [9.17, 15) is 9.59 Å². The zero-order valence-corrected chi connectivity index (χ0v) is 11.7. The Labute approximate surface area is 119 Å². The number of likely N-dealkylation sites (N-methyl/N-ethyl adjacent to an activating group) is 1. The number of rotatable bonds is 7. The van der Waals surface area contributed by atoms with Crippen LogP contribution in [0, 0.1) is 5.92 Å². The Morgan fingerprint density at radius 1 is 1.30 bits per heavy atom. The molecule has 0 radical (unpaired) electrons. The Bertz CT molecular complexity index is 484. The van der Waals surface area contributed by atoms with Gasteiger partial charge in [0.05, 0.1) is 6.54 Å². The fourth-order valence-corrected chi connectivity index (χ4v) is 1.85. The quantitative estimate of drug-likeness (QED) is 0.701. The second-order valence-corrected chi connectivity index (χ2v) is 5.02. The van der Waals surface area contributed by atoms with Gasteiger partial charge < -0.3 is 16.0 Å². The van der Waals surface area contributed by atoms with Crippen LogP contribution in [0.2, 0.25) is 0 Å². The van der Waals surface area contributed by atoms with Crippen LogP contribution in [0.5, 0.6) is 0 Å². The molecule has 0 atom stereocenters. The van der Waals surface area contributed by atoms with Gasteiger partial charge in [0.2, 0.25) is 11.8 Å². The summed E-state index contributed by atoms with van der Waals surface area (Å²) in [5.74, 6) is 0.260. The molecule has 1 fully saturated rings. The number of carbonyl (C=O) groups is 2. The highest BCUT2D eigenvalue weighted by atomic mass is 16.2. The van der Waals surface area contributed by atoms with E-state index >= 15 is 0 Å². The van der Waals surface area contributed by atoms with Crippen molar-refractivity contribution < 1.29 is 9.59 Å². The number of hydrogen-bond donors (Lipinski definition) is 3. The Kier molecular flexibility index (Phi) is 5.12. The van der Waals surface area contributed by atoms with Crippen molar-refractivity contribution in [3.05, 3.63) is 29.8 Å². The monoisotopic (exact) mass is 275 g/mol. The first-order valence-corrected chi connectivity index (χ1v) is 7.06. The van der Waals surface area contributed by atoms with Gasteiger partial charge in [0.1, 0.15) is 0 Å². The summed E-state index contributed by atoms with van der Waals surface area (Å²) < 4.78 is 0. The van der Waals surface area contributed by atoms with Crippen molar-refractivity contribution in [3.63, 3.8) is 0 Å². The molecule has 0 aliphatic heterocycles. The number of amides is 2. The van der Waals surface area contributed by atoms with Crippen LogP contribution in [0.1, 0.15) is 25.3 Å². The van der Waals surface area contributed by atoms with E-state index in [0.29, 0.717) is 13.1 Å². The summed E-state index contributed by atoms with van der Waals surface area (Å²) in [5, 5.41) is 8.71. The van der Waals surface area contributed by atoms with Crippen molar-refractivity contribution in [2.75, 3.05) is 18.4 Å². The molecule has 0 spiro atoms. The molecule has 108 valence electrons. The molecule has 3 N–H and O–H groups in total. The van der Waals surface area contributed by atoms with E-state index in [-0.39, 0.29) is 17.7 Å². The van der Waals surface area contributed by atoms with Gasteiger partial charge in [-0.3, -0.25) is 9.59 Å². The maximum atomic E-state index is 11.7. The first-order chi connectivity index (χ1) is 9.69. The van der Waals surface area contributed by atoms with Gasteiger partial charge in [0.15, 0.2) is 0 Å². The predicted octanol–water partition coefficient (Wildman–Crippen LogP) is 1.26. The molecule has 0 bridgehead atoms. The van der Waals surface area contributed by atoms with Crippen molar-refractivity contribution >= 4 is 17.5 Å². The van der Waals surface area contributed by atoms with Crippen LogP contribution in [0.4, 0.5) is 5.69 Å². The van der Waals surface area contributed by atoms with E-state index in [2.05, 4.69) is 16.0 Å². The minimum Gasteiger partial charge on any atom is -0.351 e. The SMILES string of the molecule is CCNCC(=O)NCc1cccc(NC(=O)C2CC2)c1. The van der Waals surface area contributed by atoms with E-state index in [4.69, 9.17) is 0 Å². The third kappa shape index (κ3) is 4.66. The number of carbonyl (C=O) groups excluding carboxylic acids is 2. The summed E-state index contributed by atoms with van der Waals surface area (Å²) in [6, 6.07) is 7.58. The number of benzene rings is 1. The van der Waals surface area contributed by atoms with Crippen molar-refractivity contribution in [1.82, 2.24) is 10.6 Å². The van der Waals surface area contributed by atoms with Gasteiger partial charge in [-0.25, -0.2) is 0 Å². The van der Waals surface area contributed by atoms with E-state index in [1.54, 1.807) is 0 Å². The lowest BCUT2D eigenvalue weighted by molar-refractivity contribution is -0.120. The second kappa shape index (κ2) is 7.05. The zero-order valence-electron chi connectivity index (χ0n) is 11.7. The van der Waals surface area contributed by atoms with Crippen LogP contribution in [0.25, 0.3) is 0 Å². The Morgan fingerprint density at radius 3 is 2.80 bits per heavy atom. The summed E-state index contributed by atoms with van der Waals surface area (Å²) >= 11 is 0. The molecule has 20 heavy (non-hydrogen) atoms. The molecule has 2 amide bonds. The van der Waals surface area contributed by atoms with Gasteiger partial charge in [-0.1, -0.05) is 19.1 Å². The van der Waals surface area contributed by atoms with E-state index in [1.165, 1.54) is 0 Å². The fraction of sp³-hybridized carbons (Fsp3) is 0.467. The molecule has 1 aromatic carbocycles. The van der Waals surface area contributed by atoms with Gasteiger partial charge in [-0.15, -0.1) is 0 Å². The maximum Gasteiger partial charge on any atom is 0.234 e. The average Bonchev–Trinajstić information content (AvgIpc) is 3.28. The van der Waals surface area contributed by atoms with Crippen molar-refractivity contribution in [2.45, 2.75) is 26.3 Å². The van der Waals surface area contributed by atoms with Crippen LogP contribution >= 0.6 is 0 Å². The van der Waals surface area contributed by atoms with Gasteiger partial charge in [-0.2, -0.15) is 0 Å². The van der Waals surface area contributed by atoms with Crippen LogP contribution in [-0.4, -0.2) is 24.9 Å². The van der Waals surface area contributed by atoms with Gasteiger partial charge in [0, 0.05) is 18.2 Å². The van der Waals surface area contributed by atoms with Crippen molar-refractivity contribution in [1.29, 1.82) is 0 Å². The standard InChI is InChI=1S/C15H21N3O2/c1-2-16-10-14(19)17-9-11-4-3-5-13(8-11)18-15(20)12-6-7-12/h3-5,8,12,16H,2,6-7,9-10H2,1H3,(H,17,19)(H,18,20). The molecule has 0 heterocycles. The molecule has 2 rings (SSSR count). The van der Waals surface area contributed by atoms with Crippen molar-refractivity contribution in [3.8, 4) is 0 Å². The predicted molar refractivity (Wildman–Crippen MR) is 78.2 cm³/mol. The van der Waals surface area contributed by atoms with Crippen molar-refractivity contribution in [2.24, 2.45) is 5.92 Å². The van der Waals surface area contributed by atoms with Crippen LogP contribution in [-0.2, 0) is 16.1 Å². The van der Waals surface area contributed by atoms with Crippen LogP contribution in [0.3, 0.4) is 0 Å². The first-order valence-electron chi connectivity index (χ1n) is 7.06. The highest BCUT2D eigenvalue weighted by Gasteiger charge is 2.29. The lowest BCUT2D eigenvalue weighted by atomic mass is 10.2. The lowest BCUT2D eigenvalue weighted by Gasteiger charge is -2.08. The minimum absolute atomic E-state index is 0.0285. The third-order valence-electron chi connectivity index (χ3n) is 3.17. The molecule has 0 saturated heterocycles. The zero-order chi connectivity index (χ0) is 14.4. The highest BCUT2D eigenvalue weighted by molar-refractivity contribution is 5.94. The highest BCUT2D eigenvalue weighted by Crippen LogP contribution is 2.30. The Hall–Kier alpha value is -1.88. The number of nitrogens with one attached hydrogen (secondary N) is 3. The number of anilines is 1. The molecular weight excluding hydrogens is 254 g/mol. The Morgan fingerprint density at radius 2 is 2.10 bits per heavy atom. The molecule has 0 unspecified atom stereocenters. The smallest absolute Gasteiger partial charge is 0.234 e. The fourth-order valence-electron chi connectivity index (χ4n) is 1.85. The maximum absolute atomic E-state index is 11.7. The molecule has 5 nitrogen and oxygen atoms in total. The Balaban J connectivity index is 1.82. The first kappa shape index (κ1) is 14.5. The van der Waals surface area contributed by atoms with Crippen LogP contribution in [0.15, 0.2) is 24.3 Å². The summed E-state index contributed by atoms with van der Waals surface area (Å²) in [7, 11) is 0. The second-order valence-electron chi connectivity index (χ2n) is 5.02. The summed E-state index contributed by atoms with van der Waals surface area (Å²) in [5.41, 5.74) is 1.77. The number of hydrogen-bond acceptors (Lipinski definition) is 3. The van der Waals surface area contributed by atoms with E-state index in [0.717, 1.165) is 30.6 Å². The topological polar surface area (TPSA) is 70.2 Å². The largest absolute Gasteiger partial charge is 0.351 e. The van der Waals surface area contributed by atoms with Gasteiger partial charge in [0.25, 0.3) is 0 Å². The minimum atomic E-state index is -0.0285. The molecule has 1 saturated carbocycles. The lowest BCUT2D eigenvalue weighted by Crippen LogP contribution is -2.33. The van der Waals surface area contributed by atoms with E-state index < -0.39 is 0 Å². The van der Waals surface area contributed by atoms with Crippen LogP contribution < -0.4 is 16.0 Å². The summed E-state index contributed by atoms with van der Waals surface area (Å²) in [6.07, 6.45) is 1.98. The average molecular weight is 275 g/mol. The van der Waals surface area contributed by atoms with E-state index in [1.807, 2.05) is 31.2 Å². The molecule has 1 aliphatic carbocycles. The molecule has 5 heteroatoms. The summed E-state index contributed by atoms with van der Waals surface area (Å²) in [4.78, 5) is 23.2. The molecule has 1 aromatic rings. The normalized spacial score (nSPS) is 13.8. The molecular formula is C15H21N3O2. The molecule has 1 aliphatic rings. The molecule has 0 aromatic heterocycles. The van der Waals surface area contributed by atoms with Gasteiger partial charge in [-0.05, 0) is 37.1 Å². The van der Waals surface area contributed by atoms with Gasteiger partial charge >= 0.3 is 0 Å².